The molecule has 17 heavy (non-hydrogen) atoms. The molecule has 2 rings (SSSR count). The zero-order chi connectivity index (χ0) is 12.8. The van der Waals surface area contributed by atoms with Crippen LogP contribution in [0.15, 0.2) is 11.1 Å². The Labute approximate surface area is 99.8 Å². The molecule has 0 bridgehead atoms. The molecule has 0 aromatic carbocycles. The van der Waals surface area contributed by atoms with Gasteiger partial charge in [0.15, 0.2) is 0 Å². The topological polar surface area (TPSA) is 83.0 Å². The summed E-state index contributed by atoms with van der Waals surface area (Å²) >= 11 is 0. The molecule has 1 aliphatic rings. The van der Waals surface area contributed by atoms with Crippen molar-refractivity contribution in [1.82, 2.24) is 14.5 Å². The van der Waals surface area contributed by atoms with Crippen LogP contribution in [-0.4, -0.2) is 20.6 Å². The van der Waals surface area contributed by atoms with E-state index < -0.39 is 5.69 Å². The highest BCUT2D eigenvalue weighted by Gasteiger charge is 2.26. The number of hydrogen-bond acceptors (Lipinski definition) is 5. The van der Waals surface area contributed by atoms with Gasteiger partial charge in [-0.3, -0.25) is 4.57 Å². The molecule has 6 nitrogen and oxygen atoms in total. The highest BCUT2D eigenvalue weighted by molar-refractivity contribution is 5.09. The molecule has 1 saturated heterocycles. The standard InChI is InChI=1S/C9H14N4O2.C2H2/c1-2-6-3-4-7(15-6)13-5-11-8(10)12-9(13)14;1-2/h5-7H,2-4H2,1H3,(H2,10,12,14);1-2H/t6-,7?;/m1./s1. The third-order valence-corrected chi connectivity index (χ3v) is 2.60. The number of ether oxygens (including phenoxy) is 1. The van der Waals surface area contributed by atoms with Crippen LogP contribution in [0.1, 0.15) is 32.4 Å². The average Bonchev–Trinajstić information content (AvgIpc) is 2.80. The summed E-state index contributed by atoms with van der Waals surface area (Å²) in [6, 6.07) is 0. The lowest BCUT2D eigenvalue weighted by Gasteiger charge is -2.13. The lowest BCUT2D eigenvalue weighted by atomic mass is 10.2. The largest absolute Gasteiger partial charge is 0.368 e. The Balaban J connectivity index is 0.000000686. The van der Waals surface area contributed by atoms with E-state index in [0.29, 0.717) is 0 Å². The van der Waals surface area contributed by atoms with Crippen molar-refractivity contribution in [1.29, 1.82) is 0 Å². The zero-order valence-corrected chi connectivity index (χ0v) is 9.74. The van der Waals surface area contributed by atoms with Crippen LogP contribution in [0.25, 0.3) is 0 Å². The van der Waals surface area contributed by atoms with Crippen LogP contribution in [0.3, 0.4) is 0 Å². The van der Waals surface area contributed by atoms with Crippen molar-refractivity contribution in [3.63, 3.8) is 0 Å². The first-order valence-corrected chi connectivity index (χ1v) is 5.40. The molecule has 2 N–H and O–H groups in total. The normalized spacial score (nSPS) is 22.8. The van der Waals surface area contributed by atoms with Crippen LogP contribution in [0.5, 0.6) is 0 Å². The van der Waals surface area contributed by atoms with Gasteiger partial charge in [-0.15, -0.1) is 12.8 Å². The number of aromatic nitrogens is 3. The minimum atomic E-state index is -0.399. The average molecular weight is 236 g/mol. The quantitative estimate of drug-likeness (QED) is 0.758. The molecule has 2 heterocycles. The third kappa shape index (κ3) is 3.04. The number of rotatable bonds is 2. The van der Waals surface area contributed by atoms with Gasteiger partial charge >= 0.3 is 5.69 Å². The highest BCUT2D eigenvalue weighted by Crippen LogP contribution is 2.28. The summed E-state index contributed by atoms with van der Waals surface area (Å²) in [7, 11) is 0. The van der Waals surface area contributed by atoms with Gasteiger partial charge in [0.05, 0.1) is 6.10 Å². The molecule has 1 aliphatic heterocycles. The SMILES string of the molecule is C#C.CC[C@@H]1CCC(n2cnc(N)nc2=O)O1. The van der Waals surface area contributed by atoms with Crippen molar-refractivity contribution in [2.45, 2.75) is 38.5 Å². The summed E-state index contributed by atoms with van der Waals surface area (Å²) in [6.45, 7) is 2.06. The second kappa shape index (κ2) is 6.01. The van der Waals surface area contributed by atoms with E-state index >= 15 is 0 Å². The number of nitrogens with zero attached hydrogens (tertiary/aromatic N) is 3. The van der Waals surface area contributed by atoms with E-state index in [1.54, 1.807) is 0 Å². The summed E-state index contributed by atoms with van der Waals surface area (Å²) in [4.78, 5) is 18.8. The molecular formula is C11H16N4O2. The Bertz CT molecular complexity index is 441. The van der Waals surface area contributed by atoms with Crippen LogP contribution in [0.2, 0.25) is 0 Å². The molecular weight excluding hydrogens is 220 g/mol. The molecule has 0 aliphatic carbocycles. The second-order valence-corrected chi connectivity index (χ2v) is 3.60. The third-order valence-electron chi connectivity index (χ3n) is 2.60. The van der Waals surface area contributed by atoms with Crippen LogP contribution in [0.4, 0.5) is 5.95 Å². The lowest BCUT2D eigenvalue weighted by molar-refractivity contribution is -0.00253. The summed E-state index contributed by atoms with van der Waals surface area (Å²) in [5, 5.41) is 0. The summed E-state index contributed by atoms with van der Waals surface area (Å²) in [5.74, 6) is 0.00119. The fourth-order valence-corrected chi connectivity index (χ4v) is 1.74. The monoisotopic (exact) mass is 236 g/mol. The minimum Gasteiger partial charge on any atom is -0.368 e. The van der Waals surface area contributed by atoms with E-state index in [2.05, 4.69) is 29.7 Å². The molecule has 92 valence electrons. The molecule has 2 atom stereocenters. The molecule has 0 amide bonds. The number of nitrogens with two attached hydrogens (primary N) is 1. The van der Waals surface area contributed by atoms with Crippen LogP contribution < -0.4 is 11.4 Å². The first kappa shape index (κ1) is 13.2. The van der Waals surface area contributed by atoms with Crippen molar-refractivity contribution < 1.29 is 4.74 Å². The van der Waals surface area contributed by atoms with Crippen molar-refractivity contribution in [3.8, 4) is 12.8 Å². The number of terminal acetylenes is 1. The van der Waals surface area contributed by atoms with Gasteiger partial charge in [-0.2, -0.15) is 4.98 Å². The van der Waals surface area contributed by atoms with Gasteiger partial charge in [0, 0.05) is 0 Å². The predicted octanol–water partition coefficient (Wildman–Crippen LogP) is 0.557. The van der Waals surface area contributed by atoms with Crippen molar-refractivity contribution in [2.24, 2.45) is 0 Å². The Morgan fingerprint density at radius 2 is 2.29 bits per heavy atom. The molecule has 1 fully saturated rings. The summed E-state index contributed by atoms with van der Waals surface area (Å²) < 4.78 is 7.05. The van der Waals surface area contributed by atoms with Gasteiger partial charge in [-0.1, -0.05) is 6.92 Å². The first-order valence-electron chi connectivity index (χ1n) is 5.40. The van der Waals surface area contributed by atoms with Crippen LogP contribution in [-0.2, 0) is 4.74 Å². The second-order valence-electron chi connectivity index (χ2n) is 3.60. The Hall–Kier alpha value is -1.87. The van der Waals surface area contributed by atoms with Gasteiger partial charge in [-0.25, -0.2) is 9.78 Å². The summed E-state index contributed by atoms with van der Waals surface area (Å²) in [5.41, 5.74) is 4.90. The van der Waals surface area contributed by atoms with Gasteiger partial charge in [0.25, 0.3) is 0 Å². The predicted molar refractivity (Wildman–Crippen MR) is 64.0 cm³/mol. The van der Waals surface area contributed by atoms with Crippen molar-refractivity contribution in [2.75, 3.05) is 5.73 Å². The van der Waals surface area contributed by atoms with E-state index in [9.17, 15) is 4.79 Å². The number of anilines is 1. The molecule has 0 spiro atoms. The van der Waals surface area contributed by atoms with Crippen LogP contribution >= 0.6 is 0 Å². The fraction of sp³-hybridized carbons (Fsp3) is 0.545. The Morgan fingerprint density at radius 3 is 2.82 bits per heavy atom. The van der Waals surface area contributed by atoms with E-state index in [-0.39, 0.29) is 18.3 Å². The first-order chi connectivity index (χ1) is 8.20. The lowest BCUT2D eigenvalue weighted by Crippen LogP contribution is -2.28. The van der Waals surface area contributed by atoms with E-state index in [4.69, 9.17) is 10.5 Å². The van der Waals surface area contributed by atoms with Gasteiger partial charge in [0.2, 0.25) is 5.95 Å². The van der Waals surface area contributed by atoms with Gasteiger partial charge in [-0.05, 0) is 19.3 Å². The Kier molecular flexibility index (Phi) is 4.67. The Morgan fingerprint density at radius 1 is 1.59 bits per heavy atom. The fourth-order valence-electron chi connectivity index (χ4n) is 1.74. The van der Waals surface area contributed by atoms with E-state index in [1.165, 1.54) is 10.9 Å². The molecule has 0 saturated carbocycles. The number of nitrogen functional groups attached to an aromatic ring is 1. The smallest absolute Gasteiger partial charge is 0.354 e. The van der Waals surface area contributed by atoms with E-state index in [0.717, 1.165) is 19.3 Å². The zero-order valence-electron chi connectivity index (χ0n) is 9.74. The molecule has 1 aromatic rings. The van der Waals surface area contributed by atoms with Crippen molar-refractivity contribution >= 4 is 5.95 Å². The maximum absolute atomic E-state index is 11.5. The van der Waals surface area contributed by atoms with Gasteiger partial charge < -0.3 is 10.5 Å². The molecule has 0 radical (unpaired) electrons. The van der Waals surface area contributed by atoms with E-state index in [1.807, 2.05) is 0 Å². The van der Waals surface area contributed by atoms with Crippen molar-refractivity contribution in [3.05, 3.63) is 16.8 Å². The molecule has 1 aromatic heterocycles. The minimum absolute atomic E-state index is 0.00119. The summed E-state index contributed by atoms with van der Waals surface area (Å²) in [6.07, 6.45) is 12.2. The maximum Gasteiger partial charge on any atom is 0.354 e. The van der Waals surface area contributed by atoms with Crippen LogP contribution in [0, 0.1) is 12.8 Å². The maximum atomic E-state index is 11.5. The molecule has 6 heteroatoms. The number of hydrogen-bond donors (Lipinski definition) is 1. The van der Waals surface area contributed by atoms with Gasteiger partial charge in [0.1, 0.15) is 12.6 Å². The highest BCUT2D eigenvalue weighted by atomic mass is 16.5. The molecule has 1 unspecified atom stereocenters.